The predicted molar refractivity (Wildman–Crippen MR) is 86.8 cm³/mol. The fourth-order valence-electron chi connectivity index (χ4n) is 3.03. The Hall–Kier alpha value is -1.62. The molecule has 0 unspecified atom stereocenters. The Bertz CT molecular complexity index is 508. The van der Waals surface area contributed by atoms with Gasteiger partial charge in [-0.15, -0.1) is 0 Å². The molecule has 5 heteroatoms. The summed E-state index contributed by atoms with van der Waals surface area (Å²) in [5.41, 5.74) is 0.811. The molecule has 0 atom stereocenters. The van der Waals surface area contributed by atoms with Crippen LogP contribution < -0.4 is 10.2 Å². The Labute approximate surface area is 131 Å². The number of hydrogen-bond donors (Lipinski definition) is 2. The Balaban J connectivity index is 1.60. The van der Waals surface area contributed by atoms with E-state index in [4.69, 9.17) is 0 Å². The van der Waals surface area contributed by atoms with Crippen LogP contribution in [0, 0.1) is 11.8 Å². The normalized spacial score (nSPS) is 19.2. The van der Waals surface area contributed by atoms with E-state index in [1.54, 1.807) is 6.20 Å². The van der Waals surface area contributed by atoms with Gasteiger partial charge >= 0.3 is 0 Å². The van der Waals surface area contributed by atoms with E-state index in [9.17, 15) is 9.90 Å². The molecular formula is C17H25N3O2. The zero-order chi connectivity index (χ0) is 15.4. The number of carbonyl (C=O) groups excluding carboxylic acids is 1. The largest absolute Gasteiger partial charge is 0.396 e. The molecule has 2 N–H and O–H groups in total. The van der Waals surface area contributed by atoms with E-state index in [0.717, 1.165) is 49.8 Å². The van der Waals surface area contributed by atoms with Crippen molar-refractivity contribution >= 4 is 17.4 Å². The molecule has 1 saturated heterocycles. The van der Waals surface area contributed by atoms with Gasteiger partial charge in [0, 0.05) is 32.3 Å². The topological polar surface area (TPSA) is 65.5 Å². The van der Waals surface area contributed by atoms with Crippen molar-refractivity contribution in [2.75, 3.05) is 29.9 Å². The van der Waals surface area contributed by atoms with Crippen molar-refractivity contribution in [3.8, 4) is 0 Å². The van der Waals surface area contributed by atoms with Crippen LogP contribution in [-0.2, 0) is 4.79 Å². The molecule has 0 aromatic carbocycles. The molecule has 0 bridgehead atoms. The number of aliphatic hydroxyl groups is 1. The highest BCUT2D eigenvalue weighted by Gasteiger charge is 2.23. The zero-order valence-electron chi connectivity index (χ0n) is 13.0. The first-order valence-electron chi connectivity index (χ1n) is 8.37. The predicted octanol–water partition coefficient (Wildman–Crippen LogP) is 2.42. The van der Waals surface area contributed by atoms with Crippen molar-refractivity contribution in [2.24, 2.45) is 11.8 Å². The van der Waals surface area contributed by atoms with Crippen LogP contribution in [0.5, 0.6) is 0 Å². The minimum atomic E-state index is 0.0893. The van der Waals surface area contributed by atoms with E-state index >= 15 is 0 Å². The second kappa shape index (κ2) is 7.09. The molecule has 1 saturated carbocycles. The summed E-state index contributed by atoms with van der Waals surface area (Å²) >= 11 is 0. The van der Waals surface area contributed by atoms with Gasteiger partial charge in [0.2, 0.25) is 5.91 Å². The summed E-state index contributed by atoms with van der Waals surface area (Å²) in [6, 6.07) is 3.79. The highest BCUT2D eigenvalue weighted by atomic mass is 16.3. The molecule has 3 rings (SSSR count). The fourth-order valence-corrected chi connectivity index (χ4v) is 3.03. The molecule has 1 amide bonds. The van der Waals surface area contributed by atoms with Crippen LogP contribution in [0.15, 0.2) is 18.3 Å². The van der Waals surface area contributed by atoms with Crippen molar-refractivity contribution in [2.45, 2.75) is 38.5 Å². The molecule has 1 aromatic heterocycles. The molecule has 5 nitrogen and oxygen atoms in total. The smallest absolute Gasteiger partial charge is 0.224 e. The molecule has 1 aromatic rings. The number of carbonyl (C=O) groups is 1. The van der Waals surface area contributed by atoms with Crippen molar-refractivity contribution in [3.63, 3.8) is 0 Å². The number of aliphatic hydroxyl groups excluding tert-OH is 1. The van der Waals surface area contributed by atoms with Crippen LogP contribution in [0.2, 0.25) is 0 Å². The monoisotopic (exact) mass is 303 g/mol. The first-order valence-corrected chi connectivity index (χ1v) is 8.37. The molecular weight excluding hydrogens is 278 g/mol. The number of nitrogens with one attached hydrogen (secondary N) is 1. The lowest BCUT2D eigenvalue weighted by Crippen LogP contribution is -2.35. The van der Waals surface area contributed by atoms with Gasteiger partial charge in [0.1, 0.15) is 0 Å². The van der Waals surface area contributed by atoms with Crippen LogP contribution in [0.1, 0.15) is 38.5 Å². The summed E-state index contributed by atoms with van der Waals surface area (Å²) in [6.07, 6.45) is 7.89. The molecule has 2 heterocycles. The molecule has 120 valence electrons. The van der Waals surface area contributed by atoms with Gasteiger partial charge in [-0.05, 0) is 43.2 Å². The van der Waals surface area contributed by atoms with Crippen LogP contribution in [0.4, 0.5) is 11.5 Å². The number of piperidine rings is 1. The van der Waals surface area contributed by atoms with Crippen molar-refractivity contribution in [1.82, 2.24) is 4.98 Å². The second-order valence-corrected chi connectivity index (χ2v) is 6.52. The highest BCUT2D eigenvalue weighted by molar-refractivity contribution is 5.93. The molecule has 1 aliphatic carbocycles. The quantitative estimate of drug-likeness (QED) is 0.847. The number of hydrogen-bond acceptors (Lipinski definition) is 4. The van der Waals surface area contributed by atoms with E-state index < -0.39 is 0 Å². The Morgan fingerprint density at radius 1 is 1.27 bits per heavy atom. The third kappa shape index (κ3) is 3.97. The molecule has 2 aliphatic rings. The maximum absolute atomic E-state index is 12.1. The second-order valence-electron chi connectivity index (χ2n) is 6.52. The number of rotatable bonds is 6. The zero-order valence-corrected chi connectivity index (χ0v) is 13.0. The molecule has 0 spiro atoms. The van der Waals surface area contributed by atoms with Gasteiger partial charge in [-0.2, -0.15) is 0 Å². The van der Waals surface area contributed by atoms with E-state index in [-0.39, 0.29) is 12.5 Å². The van der Waals surface area contributed by atoms with E-state index in [1.165, 1.54) is 12.8 Å². The van der Waals surface area contributed by atoms with Crippen molar-refractivity contribution < 1.29 is 9.90 Å². The van der Waals surface area contributed by atoms with Crippen LogP contribution in [0.25, 0.3) is 0 Å². The van der Waals surface area contributed by atoms with Crippen LogP contribution in [-0.4, -0.2) is 35.7 Å². The average molecular weight is 303 g/mol. The van der Waals surface area contributed by atoms with Gasteiger partial charge in [-0.25, -0.2) is 4.98 Å². The summed E-state index contributed by atoms with van der Waals surface area (Å²) in [7, 11) is 0. The average Bonchev–Trinajstić information content (AvgIpc) is 3.38. The van der Waals surface area contributed by atoms with E-state index in [0.29, 0.717) is 12.3 Å². The van der Waals surface area contributed by atoms with Gasteiger partial charge in [0.15, 0.2) is 5.82 Å². The minimum absolute atomic E-state index is 0.0893. The first kappa shape index (κ1) is 15.3. The number of aromatic nitrogens is 1. The van der Waals surface area contributed by atoms with Gasteiger partial charge in [0.05, 0.1) is 5.69 Å². The molecule has 2 fully saturated rings. The summed E-state index contributed by atoms with van der Waals surface area (Å²) in [6.45, 7) is 2.03. The first-order chi connectivity index (χ1) is 10.8. The Kier molecular flexibility index (Phi) is 4.93. The molecule has 1 aliphatic heterocycles. The Morgan fingerprint density at radius 2 is 2.05 bits per heavy atom. The van der Waals surface area contributed by atoms with Crippen molar-refractivity contribution in [1.29, 1.82) is 0 Å². The van der Waals surface area contributed by atoms with Crippen molar-refractivity contribution in [3.05, 3.63) is 18.3 Å². The lowest BCUT2D eigenvalue weighted by atomic mass is 9.98. The standard InChI is InChI=1S/C17H25N3O2/c21-12-14-7-10-20(11-8-14)17-15(2-1-9-18-17)19-16(22)6-5-13-3-4-13/h1-2,9,13-14,21H,3-8,10-12H2,(H,19,22). The summed E-state index contributed by atoms with van der Waals surface area (Å²) < 4.78 is 0. The fraction of sp³-hybridized carbons (Fsp3) is 0.647. The third-order valence-corrected chi connectivity index (χ3v) is 4.71. The van der Waals surface area contributed by atoms with Gasteiger partial charge in [-0.3, -0.25) is 4.79 Å². The summed E-state index contributed by atoms with van der Waals surface area (Å²) in [5.74, 6) is 2.12. The van der Waals surface area contributed by atoms with Crippen LogP contribution >= 0.6 is 0 Å². The highest BCUT2D eigenvalue weighted by Crippen LogP contribution is 2.34. The third-order valence-electron chi connectivity index (χ3n) is 4.71. The van der Waals surface area contributed by atoms with Gasteiger partial charge in [-0.1, -0.05) is 12.8 Å². The number of nitrogens with zero attached hydrogens (tertiary/aromatic N) is 2. The van der Waals surface area contributed by atoms with E-state index in [1.807, 2.05) is 12.1 Å². The number of anilines is 2. The van der Waals surface area contributed by atoms with Crippen LogP contribution in [0.3, 0.4) is 0 Å². The number of pyridine rings is 1. The Morgan fingerprint density at radius 3 is 2.73 bits per heavy atom. The van der Waals surface area contributed by atoms with E-state index in [2.05, 4.69) is 15.2 Å². The lowest BCUT2D eigenvalue weighted by molar-refractivity contribution is -0.116. The van der Waals surface area contributed by atoms with Gasteiger partial charge < -0.3 is 15.3 Å². The maximum Gasteiger partial charge on any atom is 0.224 e. The summed E-state index contributed by atoms with van der Waals surface area (Å²) in [5, 5.41) is 12.3. The maximum atomic E-state index is 12.1. The lowest BCUT2D eigenvalue weighted by Gasteiger charge is -2.33. The minimum Gasteiger partial charge on any atom is -0.396 e. The summed E-state index contributed by atoms with van der Waals surface area (Å²) in [4.78, 5) is 18.8. The molecule has 0 radical (unpaired) electrons. The molecule has 22 heavy (non-hydrogen) atoms. The number of amides is 1. The SMILES string of the molecule is O=C(CCC1CC1)Nc1cccnc1N1CCC(CO)CC1. The van der Waals surface area contributed by atoms with Gasteiger partial charge in [0.25, 0.3) is 0 Å².